The maximum Gasteiger partial charge on any atom is 0.497 e. The van der Waals surface area contributed by atoms with E-state index in [0.29, 0.717) is 0 Å². The lowest BCUT2D eigenvalue weighted by Crippen LogP contribution is -2.41. The van der Waals surface area contributed by atoms with Gasteiger partial charge in [0.2, 0.25) is 0 Å². The van der Waals surface area contributed by atoms with E-state index in [2.05, 4.69) is 0 Å². The Bertz CT molecular complexity index is 989. The Labute approximate surface area is 161 Å². The lowest BCUT2D eigenvalue weighted by atomic mass is 9.78. The molecule has 0 atom stereocenters. The summed E-state index contributed by atoms with van der Waals surface area (Å²) < 4.78 is 111. The van der Waals surface area contributed by atoms with Crippen molar-refractivity contribution in [3.05, 3.63) is 24.0 Å². The number of hydrogen-bond donors (Lipinski definition) is 0. The Balaban J connectivity index is 1.68. The summed E-state index contributed by atoms with van der Waals surface area (Å²) >= 11 is 0. The number of benzene rings is 1. The van der Waals surface area contributed by atoms with E-state index in [1.807, 2.05) is 0 Å². The monoisotopic (exact) mass is 357 g/mol. The molecule has 3 fully saturated rings. The molecule has 2 bridgehead atoms. The average Bonchev–Trinajstić information content (AvgIpc) is 3.04. The third-order valence-electron chi connectivity index (χ3n) is 4.95. The van der Waals surface area contributed by atoms with E-state index in [1.54, 1.807) is 27.7 Å². The summed E-state index contributed by atoms with van der Waals surface area (Å²) in [7, 11) is -1.08. The van der Waals surface area contributed by atoms with Gasteiger partial charge in [-0.25, -0.2) is 4.39 Å². The highest BCUT2D eigenvalue weighted by Gasteiger charge is 2.52. The summed E-state index contributed by atoms with van der Waals surface area (Å²) in [6.45, 7) is 6.20. The van der Waals surface area contributed by atoms with Gasteiger partial charge >= 0.3 is 7.12 Å². The van der Waals surface area contributed by atoms with E-state index in [0.717, 1.165) is 6.07 Å². The molecule has 3 aliphatic heterocycles. The summed E-state index contributed by atoms with van der Waals surface area (Å²) in [5.74, 6) is -0.711. The highest BCUT2D eigenvalue weighted by atomic mass is 19.1. The molecule has 0 spiro atoms. The standard InChI is InChI=1S/C19H26BFO4/c1-17(2)18(3,4)25-20(24-17)15-11-14(5-6-16(15)21)22-12-19-9-7-13(23-19)8-10-19/h5-6,11,13H,7-10,12H2,1-4H3/i7D2,8D2,9D2,10D2,13D. The molecule has 0 N–H and O–H groups in total. The zero-order chi connectivity index (χ0) is 26.0. The summed E-state index contributed by atoms with van der Waals surface area (Å²) in [6.07, 6.45) is -15.8. The van der Waals surface area contributed by atoms with Crippen LogP contribution < -0.4 is 10.2 Å². The van der Waals surface area contributed by atoms with Crippen molar-refractivity contribution in [3.8, 4) is 5.75 Å². The van der Waals surface area contributed by atoms with Crippen LogP contribution in [0.15, 0.2) is 18.2 Å². The number of halogens is 1. The number of ether oxygens (including phenoxy) is 2. The van der Waals surface area contributed by atoms with E-state index in [-0.39, 0.29) is 11.2 Å². The Hall–Kier alpha value is -1.11. The largest absolute Gasteiger partial charge is 0.497 e. The molecule has 4 nitrogen and oxygen atoms in total. The minimum atomic E-state index is -3.20. The topological polar surface area (TPSA) is 36.9 Å². The highest BCUT2D eigenvalue weighted by molar-refractivity contribution is 6.62. The van der Waals surface area contributed by atoms with Gasteiger partial charge in [0, 0.05) is 16.4 Å². The van der Waals surface area contributed by atoms with Crippen LogP contribution in [0.4, 0.5) is 4.39 Å². The van der Waals surface area contributed by atoms with Gasteiger partial charge in [-0.3, -0.25) is 0 Å². The number of rotatable bonds is 4. The quantitative estimate of drug-likeness (QED) is 0.776. The molecule has 25 heavy (non-hydrogen) atoms. The number of fused-ring (bicyclic) bond motifs is 2. The van der Waals surface area contributed by atoms with Gasteiger partial charge in [0.25, 0.3) is 0 Å². The Kier molecular flexibility index (Phi) is 2.22. The molecule has 6 heteroatoms. The summed E-state index contributed by atoms with van der Waals surface area (Å²) in [6, 6.07) is 3.50. The van der Waals surface area contributed by atoms with Crippen molar-refractivity contribution in [1.82, 2.24) is 0 Å². The van der Waals surface area contributed by atoms with E-state index in [1.165, 1.54) is 12.1 Å². The van der Waals surface area contributed by atoms with Crippen LogP contribution in [0.3, 0.4) is 0 Å². The van der Waals surface area contributed by atoms with Crippen LogP contribution in [-0.4, -0.2) is 36.6 Å². The molecule has 0 aromatic heterocycles. The van der Waals surface area contributed by atoms with Crippen LogP contribution in [0.1, 0.15) is 65.5 Å². The summed E-state index contributed by atoms with van der Waals surface area (Å²) in [5.41, 5.74) is -4.31. The van der Waals surface area contributed by atoms with Gasteiger partial charge in [0.1, 0.15) is 23.8 Å². The van der Waals surface area contributed by atoms with Crippen molar-refractivity contribution in [3.63, 3.8) is 0 Å². The second-order valence-electron chi connectivity index (χ2n) is 7.32. The van der Waals surface area contributed by atoms with Crippen molar-refractivity contribution in [2.24, 2.45) is 0 Å². The van der Waals surface area contributed by atoms with E-state index in [9.17, 15) is 4.39 Å². The van der Waals surface area contributed by atoms with Gasteiger partial charge in [0.05, 0.1) is 18.7 Å². The zero-order valence-electron chi connectivity index (χ0n) is 23.5. The molecule has 0 radical (unpaired) electrons. The SMILES string of the molecule is [2H]C1([2H])C([2H])([2H])C2(COc3ccc(F)c(B4OC(C)(C)C(C)(C)O4)c3)OC1([2H])C([2H])([2H])C2([2H])[2H]. The second-order valence-corrected chi connectivity index (χ2v) is 7.32. The first kappa shape index (κ1) is 9.72. The Morgan fingerprint density at radius 3 is 2.52 bits per heavy atom. The predicted molar refractivity (Wildman–Crippen MR) is 93.7 cm³/mol. The smallest absolute Gasteiger partial charge is 0.491 e. The summed E-state index contributed by atoms with van der Waals surface area (Å²) in [5, 5.41) is 0. The predicted octanol–water partition coefficient (Wildman–Crippen LogP) is 3.22. The van der Waals surface area contributed by atoms with Gasteiger partial charge in [-0.1, -0.05) is 0 Å². The molecule has 0 unspecified atom stereocenters. The molecule has 1 aromatic rings. The molecule has 1 aromatic carbocycles. The molecular formula is C19H26BFO4. The molecule has 0 saturated carbocycles. The molecule has 4 rings (SSSR count). The van der Waals surface area contributed by atoms with Crippen LogP contribution in [0.25, 0.3) is 0 Å². The molecular weight excluding hydrogens is 322 g/mol. The fourth-order valence-electron chi connectivity index (χ4n) is 2.70. The Morgan fingerprint density at radius 2 is 1.88 bits per heavy atom. The second kappa shape index (κ2) is 5.70. The van der Waals surface area contributed by atoms with Crippen LogP contribution in [0.5, 0.6) is 5.75 Å². The fourth-order valence-corrected chi connectivity index (χ4v) is 2.70. The third kappa shape index (κ3) is 2.98. The van der Waals surface area contributed by atoms with Gasteiger partial charge < -0.3 is 18.8 Å². The number of hydrogen-bond acceptors (Lipinski definition) is 4. The third-order valence-corrected chi connectivity index (χ3v) is 4.95. The summed E-state index contributed by atoms with van der Waals surface area (Å²) in [4.78, 5) is 0. The fraction of sp³-hybridized carbons (Fsp3) is 0.684. The Morgan fingerprint density at radius 1 is 1.24 bits per heavy atom. The molecule has 136 valence electrons. The maximum absolute atomic E-state index is 14.6. The van der Waals surface area contributed by atoms with Crippen molar-refractivity contribution in [2.75, 3.05) is 6.61 Å². The molecule has 3 heterocycles. The van der Waals surface area contributed by atoms with Gasteiger partial charge in [0.15, 0.2) is 0 Å². The zero-order valence-corrected chi connectivity index (χ0v) is 14.5. The van der Waals surface area contributed by atoms with Crippen LogP contribution in [-0.2, 0) is 14.0 Å². The highest BCUT2D eigenvalue weighted by Crippen LogP contribution is 2.43. The molecule has 3 saturated heterocycles. The van der Waals surface area contributed by atoms with E-state index >= 15 is 0 Å². The molecule has 0 amide bonds. The lowest BCUT2D eigenvalue weighted by molar-refractivity contribution is -0.0198. The van der Waals surface area contributed by atoms with E-state index in [4.69, 9.17) is 31.1 Å². The first-order valence-corrected chi connectivity index (χ1v) is 8.10. The first-order chi connectivity index (χ1) is 15.1. The minimum absolute atomic E-state index is 0.0149. The van der Waals surface area contributed by atoms with Crippen molar-refractivity contribution >= 4 is 12.6 Å². The normalized spacial score (nSPS) is 48.7. The lowest BCUT2D eigenvalue weighted by Gasteiger charge is -2.32. The van der Waals surface area contributed by atoms with Gasteiger partial charge in [-0.05, 0) is 71.4 Å². The molecule has 3 aliphatic rings. The van der Waals surface area contributed by atoms with Crippen LogP contribution >= 0.6 is 0 Å². The van der Waals surface area contributed by atoms with Crippen LogP contribution in [0.2, 0.25) is 0 Å². The van der Waals surface area contributed by atoms with Crippen LogP contribution in [0, 0.1) is 5.82 Å². The van der Waals surface area contributed by atoms with Crippen molar-refractivity contribution in [1.29, 1.82) is 0 Å². The van der Waals surface area contributed by atoms with Gasteiger partial charge in [-0.2, -0.15) is 0 Å². The average molecular weight is 357 g/mol. The van der Waals surface area contributed by atoms with Crippen molar-refractivity contribution < 1.29 is 35.5 Å². The first-order valence-electron chi connectivity index (χ1n) is 12.6. The van der Waals surface area contributed by atoms with E-state index < -0.39 is 67.9 Å². The van der Waals surface area contributed by atoms with Gasteiger partial charge in [-0.15, -0.1) is 0 Å². The maximum atomic E-state index is 14.6. The molecule has 0 aliphatic carbocycles. The minimum Gasteiger partial charge on any atom is -0.491 e. The van der Waals surface area contributed by atoms with Crippen molar-refractivity contribution in [2.45, 2.75) is 76.1 Å².